The van der Waals surface area contributed by atoms with Crippen molar-refractivity contribution in [3.05, 3.63) is 29.6 Å². The first-order valence-electron chi connectivity index (χ1n) is 6.67. The predicted molar refractivity (Wildman–Crippen MR) is 75.6 cm³/mol. The fourth-order valence-electron chi connectivity index (χ4n) is 2.85. The van der Waals surface area contributed by atoms with Crippen molar-refractivity contribution in [1.82, 2.24) is 0 Å². The lowest BCUT2D eigenvalue weighted by molar-refractivity contribution is 0.0559. The molecule has 0 spiro atoms. The van der Waals surface area contributed by atoms with E-state index in [0.29, 0.717) is 12.2 Å². The first-order chi connectivity index (χ1) is 9.47. The lowest BCUT2D eigenvalue weighted by atomic mass is 10.0. The molecule has 2 rings (SSSR count). The second kappa shape index (κ2) is 5.66. The van der Waals surface area contributed by atoms with Gasteiger partial charge in [0.2, 0.25) is 0 Å². The molecule has 0 bridgehead atoms. The van der Waals surface area contributed by atoms with E-state index in [1.807, 2.05) is 0 Å². The van der Waals surface area contributed by atoms with E-state index in [0.717, 1.165) is 25.7 Å². The zero-order valence-electron chi connectivity index (χ0n) is 11.5. The normalized spacial score (nSPS) is 18.2. The van der Waals surface area contributed by atoms with Crippen LogP contribution in [0, 0.1) is 5.82 Å². The molecule has 1 aliphatic rings. The predicted octanol–water partition coefficient (Wildman–Crippen LogP) is 1.66. The zero-order chi connectivity index (χ0) is 14.8. The number of nitrogens with zero attached hydrogens (tertiary/aromatic N) is 2. The van der Waals surface area contributed by atoms with Gasteiger partial charge >= 0.3 is 0 Å². The zero-order valence-corrected chi connectivity index (χ0v) is 11.5. The molecule has 110 valence electrons. The van der Waals surface area contributed by atoms with Crippen molar-refractivity contribution in [3.8, 4) is 0 Å². The summed E-state index contributed by atoms with van der Waals surface area (Å²) in [6.07, 6.45) is 3.48. The van der Waals surface area contributed by atoms with E-state index in [4.69, 9.17) is 10.9 Å². The lowest BCUT2D eigenvalue weighted by Gasteiger charge is -2.31. The summed E-state index contributed by atoms with van der Waals surface area (Å²) >= 11 is 0. The Hall–Kier alpha value is -1.82. The van der Waals surface area contributed by atoms with Crippen molar-refractivity contribution in [2.45, 2.75) is 31.3 Å². The lowest BCUT2D eigenvalue weighted by Crippen LogP contribution is -2.40. The van der Waals surface area contributed by atoms with Gasteiger partial charge in [-0.05, 0) is 25.0 Å². The molecule has 1 fully saturated rings. The molecular formula is C14H20FN3O2. The van der Waals surface area contributed by atoms with E-state index in [9.17, 15) is 9.50 Å². The van der Waals surface area contributed by atoms with Gasteiger partial charge in [0.05, 0.1) is 16.9 Å². The van der Waals surface area contributed by atoms with Gasteiger partial charge in [-0.3, -0.25) is 0 Å². The Morgan fingerprint density at radius 2 is 2.10 bits per heavy atom. The number of benzene rings is 1. The van der Waals surface area contributed by atoms with Gasteiger partial charge in [0, 0.05) is 13.6 Å². The van der Waals surface area contributed by atoms with Gasteiger partial charge in [0.15, 0.2) is 5.84 Å². The molecule has 6 heteroatoms. The summed E-state index contributed by atoms with van der Waals surface area (Å²) in [5, 5.41) is 22.1. The molecule has 0 saturated heterocycles. The molecule has 0 amide bonds. The van der Waals surface area contributed by atoms with Crippen LogP contribution >= 0.6 is 0 Å². The quantitative estimate of drug-likeness (QED) is 0.339. The average molecular weight is 281 g/mol. The number of nitrogens with two attached hydrogens (primary N) is 1. The first kappa shape index (κ1) is 14.6. The van der Waals surface area contributed by atoms with Crippen molar-refractivity contribution in [2.75, 3.05) is 18.5 Å². The van der Waals surface area contributed by atoms with Gasteiger partial charge in [0.25, 0.3) is 0 Å². The third kappa shape index (κ3) is 2.85. The Kier molecular flexibility index (Phi) is 4.13. The molecule has 5 nitrogen and oxygen atoms in total. The Labute approximate surface area is 117 Å². The van der Waals surface area contributed by atoms with E-state index >= 15 is 0 Å². The third-order valence-electron chi connectivity index (χ3n) is 3.83. The van der Waals surface area contributed by atoms with Gasteiger partial charge in [0.1, 0.15) is 5.82 Å². The average Bonchev–Trinajstić information content (AvgIpc) is 2.84. The van der Waals surface area contributed by atoms with Crippen LogP contribution in [0.4, 0.5) is 10.1 Å². The largest absolute Gasteiger partial charge is 0.409 e. The maximum atomic E-state index is 13.9. The molecule has 1 aromatic rings. The molecule has 1 aliphatic carbocycles. The van der Waals surface area contributed by atoms with Crippen LogP contribution in [0.2, 0.25) is 0 Å². The monoisotopic (exact) mass is 281 g/mol. The van der Waals surface area contributed by atoms with Crippen molar-refractivity contribution < 1.29 is 14.7 Å². The number of hydrogen-bond acceptors (Lipinski definition) is 4. The highest BCUT2D eigenvalue weighted by molar-refractivity contribution is 6.02. The minimum absolute atomic E-state index is 0.0547. The van der Waals surface area contributed by atoms with E-state index in [1.54, 1.807) is 24.1 Å². The molecule has 20 heavy (non-hydrogen) atoms. The molecule has 0 unspecified atom stereocenters. The Morgan fingerprint density at radius 3 is 2.70 bits per heavy atom. The molecule has 0 aromatic heterocycles. The second-order valence-corrected chi connectivity index (χ2v) is 5.41. The molecule has 4 N–H and O–H groups in total. The molecule has 1 aromatic carbocycles. The number of rotatable bonds is 4. The number of halogens is 1. The topological polar surface area (TPSA) is 82.1 Å². The Morgan fingerprint density at radius 1 is 1.45 bits per heavy atom. The molecule has 0 radical (unpaired) electrons. The van der Waals surface area contributed by atoms with Gasteiger partial charge in [-0.25, -0.2) is 4.39 Å². The van der Waals surface area contributed by atoms with E-state index in [2.05, 4.69) is 5.16 Å². The summed E-state index contributed by atoms with van der Waals surface area (Å²) < 4.78 is 13.9. The Balaban J connectivity index is 2.30. The van der Waals surface area contributed by atoms with Crippen LogP contribution in [-0.4, -0.2) is 35.3 Å². The van der Waals surface area contributed by atoms with E-state index < -0.39 is 11.4 Å². The van der Waals surface area contributed by atoms with Crippen LogP contribution in [0.3, 0.4) is 0 Å². The third-order valence-corrected chi connectivity index (χ3v) is 3.83. The standard InChI is InChI=1S/C14H20FN3O2/c1-18(9-14(19)7-2-3-8-14)11-6-4-5-10(15)12(11)13(16)17-20/h4-6,19-20H,2-3,7-9H2,1H3,(H2,16,17). The maximum absolute atomic E-state index is 13.9. The highest BCUT2D eigenvalue weighted by Gasteiger charge is 2.33. The van der Waals surface area contributed by atoms with Crippen molar-refractivity contribution >= 4 is 11.5 Å². The van der Waals surface area contributed by atoms with Gasteiger partial charge in [-0.2, -0.15) is 0 Å². The summed E-state index contributed by atoms with van der Waals surface area (Å²) in [5.41, 5.74) is 5.35. The van der Waals surface area contributed by atoms with Gasteiger partial charge in [-0.15, -0.1) is 0 Å². The minimum Gasteiger partial charge on any atom is -0.409 e. The molecule has 0 aliphatic heterocycles. The highest BCUT2D eigenvalue weighted by atomic mass is 19.1. The number of oxime groups is 1. The second-order valence-electron chi connectivity index (χ2n) is 5.41. The molecule has 1 saturated carbocycles. The van der Waals surface area contributed by atoms with Crippen LogP contribution in [0.5, 0.6) is 0 Å². The summed E-state index contributed by atoms with van der Waals surface area (Å²) in [5.74, 6) is -0.827. The number of aliphatic hydroxyl groups is 1. The van der Waals surface area contributed by atoms with Crippen LogP contribution in [0.25, 0.3) is 0 Å². The number of anilines is 1. The summed E-state index contributed by atoms with van der Waals surface area (Å²) in [6.45, 7) is 0.391. The fourth-order valence-corrected chi connectivity index (χ4v) is 2.85. The van der Waals surface area contributed by atoms with Crippen LogP contribution in [0.1, 0.15) is 31.2 Å². The van der Waals surface area contributed by atoms with Gasteiger partial charge < -0.3 is 20.9 Å². The maximum Gasteiger partial charge on any atom is 0.175 e. The van der Waals surface area contributed by atoms with Crippen molar-refractivity contribution in [1.29, 1.82) is 0 Å². The number of likely N-dealkylation sites (N-methyl/N-ethyl adjacent to an activating group) is 1. The van der Waals surface area contributed by atoms with Crippen LogP contribution < -0.4 is 10.6 Å². The molecule has 0 heterocycles. The van der Waals surface area contributed by atoms with Crippen LogP contribution in [-0.2, 0) is 0 Å². The van der Waals surface area contributed by atoms with Crippen LogP contribution in [0.15, 0.2) is 23.4 Å². The fraction of sp³-hybridized carbons (Fsp3) is 0.500. The minimum atomic E-state index is -0.747. The summed E-state index contributed by atoms with van der Waals surface area (Å²) in [6, 6.07) is 4.51. The molecule has 0 atom stereocenters. The number of amidine groups is 1. The summed E-state index contributed by atoms with van der Waals surface area (Å²) in [4.78, 5) is 1.75. The Bertz CT molecular complexity index is 513. The summed E-state index contributed by atoms with van der Waals surface area (Å²) in [7, 11) is 1.76. The van der Waals surface area contributed by atoms with E-state index in [-0.39, 0.29) is 11.4 Å². The number of hydrogen-bond donors (Lipinski definition) is 3. The van der Waals surface area contributed by atoms with E-state index in [1.165, 1.54) is 6.07 Å². The smallest absolute Gasteiger partial charge is 0.175 e. The highest BCUT2D eigenvalue weighted by Crippen LogP contribution is 2.32. The van der Waals surface area contributed by atoms with Gasteiger partial charge in [-0.1, -0.05) is 24.1 Å². The first-order valence-corrected chi connectivity index (χ1v) is 6.67. The SMILES string of the molecule is CN(CC1(O)CCCC1)c1cccc(F)c1/C(N)=N/O. The van der Waals surface area contributed by atoms with Crippen molar-refractivity contribution in [2.24, 2.45) is 10.9 Å². The van der Waals surface area contributed by atoms with Crippen molar-refractivity contribution in [3.63, 3.8) is 0 Å². The molecular weight excluding hydrogens is 261 g/mol.